The van der Waals surface area contributed by atoms with Crippen LogP contribution in [0.15, 0.2) is 60.9 Å². The van der Waals surface area contributed by atoms with Crippen LogP contribution in [0.25, 0.3) is 21.9 Å². The molecule has 3 rings (SSSR count). The van der Waals surface area contributed by atoms with Crippen molar-refractivity contribution in [2.45, 2.75) is 6.54 Å². The Morgan fingerprint density at radius 3 is 2.67 bits per heavy atom. The standard InChI is InChI=1S/C16H14N2/c17-10-12-2-1-3-14(8-12)15-5-4-13-6-7-18-11-16(13)9-15/h1-9,11H,10,17H2. The van der Waals surface area contributed by atoms with Crippen molar-refractivity contribution in [1.82, 2.24) is 4.98 Å². The van der Waals surface area contributed by atoms with Crippen LogP contribution in [0, 0.1) is 0 Å². The van der Waals surface area contributed by atoms with Crippen LogP contribution < -0.4 is 5.73 Å². The minimum absolute atomic E-state index is 0.572. The third kappa shape index (κ3) is 1.98. The average molecular weight is 234 g/mol. The van der Waals surface area contributed by atoms with Crippen molar-refractivity contribution < 1.29 is 0 Å². The van der Waals surface area contributed by atoms with E-state index in [2.05, 4.69) is 35.3 Å². The van der Waals surface area contributed by atoms with Gasteiger partial charge in [-0.05, 0) is 40.3 Å². The Kier molecular flexibility index (Phi) is 2.79. The van der Waals surface area contributed by atoms with Crippen LogP contribution in [0.3, 0.4) is 0 Å². The minimum atomic E-state index is 0.572. The number of nitrogens with two attached hydrogens (primary N) is 1. The van der Waals surface area contributed by atoms with Gasteiger partial charge in [0.25, 0.3) is 0 Å². The Bertz CT molecular complexity index is 689. The maximum absolute atomic E-state index is 5.68. The lowest BCUT2D eigenvalue weighted by atomic mass is 10.0. The SMILES string of the molecule is NCc1cccc(-c2ccc3ccncc3c2)c1. The van der Waals surface area contributed by atoms with E-state index >= 15 is 0 Å². The number of benzene rings is 2. The molecule has 0 saturated heterocycles. The smallest absolute Gasteiger partial charge is 0.0346 e. The molecular weight excluding hydrogens is 220 g/mol. The van der Waals surface area contributed by atoms with E-state index in [1.165, 1.54) is 16.5 Å². The third-order valence-electron chi connectivity index (χ3n) is 3.14. The number of aromatic nitrogens is 1. The fourth-order valence-electron chi connectivity index (χ4n) is 2.14. The molecule has 1 heterocycles. The van der Waals surface area contributed by atoms with Crippen LogP contribution in [-0.2, 0) is 6.54 Å². The molecule has 3 aromatic rings. The van der Waals surface area contributed by atoms with Gasteiger partial charge in [0.15, 0.2) is 0 Å². The predicted molar refractivity (Wildman–Crippen MR) is 75.1 cm³/mol. The van der Waals surface area contributed by atoms with E-state index in [0.717, 1.165) is 10.9 Å². The Morgan fingerprint density at radius 1 is 0.889 bits per heavy atom. The number of hydrogen-bond acceptors (Lipinski definition) is 2. The molecule has 2 heteroatoms. The molecule has 2 aromatic carbocycles. The Balaban J connectivity index is 2.13. The molecule has 1 aromatic heterocycles. The lowest BCUT2D eigenvalue weighted by Crippen LogP contribution is -1.95. The highest BCUT2D eigenvalue weighted by Gasteiger charge is 2.00. The fourth-order valence-corrected chi connectivity index (χ4v) is 2.14. The predicted octanol–water partition coefficient (Wildman–Crippen LogP) is 3.36. The second-order valence-electron chi connectivity index (χ2n) is 4.34. The number of fused-ring (bicyclic) bond motifs is 1. The molecule has 88 valence electrons. The van der Waals surface area contributed by atoms with Gasteiger partial charge in [0.05, 0.1) is 0 Å². The van der Waals surface area contributed by atoms with Crippen molar-refractivity contribution in [3.05, 3.63) is 66.5 Å². The number of nitrogens with zero attached hydrogens (tertiary/aromatic N) is 1. The molecule has 2 nitrogen and oxygen atoms in total. The number of rotatable bonds is 2. The molecule has 0 aliphatic carbocycles. The Hall–Kier alpha value is -2.19. The quantitative estimate of drug-likeness (QED) is 0.738. The summed E-state index contributed by atoms with van der Waals surface area (Å²) in [6, 6.07) is 16.8. The molecule has 0 spiro atoms. The van der Waals surface area contributed by atoms with Gasteiger partial charge in [-0.2, -0.15) is 0 Å². The first-order valence-corrected chi connectivity index (χ1v) is 6.00. The van der Waals surface area contributed by atoms with E-state index in [-0.39, 0.29) is 0 Å². The summed E-state index contributed by atoms with van der Waals surface area (Å²) in [5, 5.41) is 2.37. The molecule has 0 aliphatic heterocycles. The van der Waals surface area contributed by atoms with Gasteiger partial charge in [0, 0.05) is 24.3 Å². The van der Waals surface area contributed by atoms with Gasteiger partial charge >= 0.3 is 0 Å². The molecule has 0 saturated carbocycles. The summed E-state index contributed by atoms with van der Waals surface area (Å²) >= 11 is 0. The van der Waals surface area contributed by atoms with Crippen molar-refractivity contribution in [1.29, 1.82) is 0 Å². The zero-order chi connectivity index (χ0) is 12.4. The van der Waals surface area contributed by atoms with Gasteiger partial charge in [0.1, 0.15) is 0 Å². The summed E-state index contributed by atoms with van der Waals surface area (Å²) in [7, 11) is 0. The van der Waals surface area contributed by atoms with E-state index < -0.39 is 0 Å². The van der Waals surface area contributed by atoms with Crippen LogP contribution in [0.2, 0.25) is 0 Å². The third-order valence-corrected chi connectivity index (χ3v) is 3.14. The maximum Gasteiger partial charge on any atom is 0.0346 e. The van der Waals surface area contributed by atoms with Gasteiger partial charge in [-0.15, -0.1) is 0 Å². The van der Waals surface area contributed by atoms with E-state index in [4.69, 9.17) is 5.73 Å². The Morgan fingerprint density at radius 2 is 1.78 bits per heavy atom. The summed E-state index contributed by atoms with van der Waals surface area (Å²) < 4.78 is 0. The monoisotopic (exact) mass is 234 g/mol. The van der Waals surface area contributed by atoms with Crippen LogP contribution in [0.1, 0.15) is 5.56 Å². The van der Waals surface area contributed by atoms with Gasteiger partial charge < -0.3 is 5.73 Å². The first kappa shape index (κ1) is 10.9. The zero-order valence-electron chi connectivity index (χ0n) is 10.0. The maximum atomic E-state index is 5.68. The van der Waals surface area contributed by atoms with Crippen molar-refractivity contribution in [2.24, 2.45) is 5.73 Å². The molecule has 0 atom stereocenters. The molecule has 0 amide bonds. The van der Waals surface area contributed by atoms with Crippen molar-refractivity contribution in [3.8, 4) is 11.1 Å². The van der Waals surface area contributed by atoms with Gasteiger partial charge in [-0.25, -0.2) is 0 Å². The molecule has 0 unspecified atom stereocenters. The van der Waals surface area contributed by atoms with Crippen molar-refractivity contribution >= 4 is 10.8 Å². The topological polar surface area (TPSA) is 38.9 Å². The lowest BCUT2D eigenvalue weighted by molar-refractivity contribution is 1.07. The first-order valence-electron chi connectivity index (χ1n) is 6.00. The highest BCUT2D eigenvalue weighted by atomic mass is 14.6. The van der Waals surface area contributed by atoms with Crippen molar-refractivity contribution in [3.63, 3.8) is 0 Å². The largest absolute Gasteiger partial charge is 0.326 e. The first-order chi connectivity index (χ1) is 8.86. The van der Waals surface area contributed by atoms with Crippen LogP contribution in [0.5, 0.6) is 0 Å². The van der Waals surface area contributed by atoms with E-state index in [0.29, 0.717) is 6.54 Å². The summed E-state index contributed by atoms with van der Waals surface area (Å²) in [5.74, 6) is 0. The van der Waals surface area contributed by atoms with Crippen molar-refractivity contribution in [2.75, 3.05) is 0 Å². The molecule has 0 fully saturated rings. The second-order valence-corrected chi connectivity index (χ2v) is 4.34. The average Bonchev–Trinajstić information content (AvgIpc) is 2.47. The van der Waals surface area contributed by atoms with Crippen LogP contribution in [-0.4, -0.2) is 4.98 Å². The fraction of sp³-hybridized carbons (Fsp3) is 0.0625. The zero-order valence-corrected chi connectivity index (χ0v) is 10.0. The summed E-state index contributed by atoms with van der Waals surface area (Å²) in [5.41, 5.74) is 9.23. The lowest BCUT2D eigenvalue weighted by Gasteiger charge is -2.05. The molecule has 0 aliphatic rings. The van der Waals surface area contributed by atoms with E-state index in [9.17, 15) is 0 Å². The van der Waals surface area contributed by atoms with Gasteiger partial charge in [-0.1, -0.05) is 30.3 Å². The van der Waals surface area contributed by atoms with Gasteiger partial charge in [-0.3, -0.25) is 4.98 Å². The van der Waals surface area contributed by atoms with E-state index in [1.54, 1.807) is 0 Å². The molecular formula is C16H14N2. The van der Waals surface area contributed by atoms with E-state index in [1.807, 2.05) is 30.6 Å². The summed E-state index contributed by atoms with van der Waals surface area (Å²) in [6.07, 6.45) is 3.71. The van der Waals surface area contributed by atoms with Crippen LogP contribution >= 0.6 is 0 Å². The molecule has 2 N–H and O–H groups in total. The normalized spacial score (nSPS) is 10.7. The number of hydrogen-bond donors (Lipinski definition) is 1. The highest BCUT2D eigenvalue weighted by molar-refractivity contribution is 5.86. The summed E-state index contributed by atoms with van der Waals surface area (Å²) in [6.45, 7) is 0.572. The molecule has 0 bridgehead atoms. The van der Waals surface area contributed by atoms with Gasteiger partial charge in [0.2, 0.25) is 0 Å². The number of pyridine rings is 1. The second kappa shape index (κ2) is 4.59. The van der Waals surface area contributed by atoms with Crippen LogP contribution in [0.4, 0.5) is 0 Å². The molecule has 0 radical (unpaired) electrons. The summed E-state index contributed by atoms with van der Waals surface area (Å²) in [4.78, 5) is 4.16. The Labute approximate surface area is 106 Å². The minimum Gasteiger partial charge on any atom is -0.326 e. The highest BCUT2D eigenvalue weighted by Crippen LogP contribution is 2.24. The molecule has 18 heavy (non-hydrogen) atoms.